The van der Waals surface area contributed by atoms with Crippen LogP contribution in [0.1, 0.15) is 16.7 Å². The average Bonchev–Trinajstić information content (AvgIpc) is 3.13. The van der Waals surface area contributed by atoms with Crippen LogP contribution in [0.3, 0.4) is 0 Å². The lowest BCUT2D eigenvalue weighted by molar-refractivity contribution is -0.121. The summed E-state index contributed by atoms with van der Waals surface area (Å²) in [7, 11) is 0. The van der Waals surface area contributed by atoms with E-state index in [0.717, 1.165) is 22.1 Å². The molecule has 0 saturated heterocycles. The van der Waals surface area contributed by atoms with E-state index in [1.807, 2.05) is 84.4 Å². The molecule has 146 valence electrons. The molecule has 0 saturated carbocycles. The van der Waals surface area contributed by atoms with E-state index in [-0.39, 0.29) is 18.0 Å². The molecule has 0 aliphatic heterocycles. The molecule has 0 bridgehead atoms. The Morgan fingerprint density at radius 1 is 0.897 bits per heavy atom. The topological polar surface area (TPSA) is 56.0 Å². The zero-order valence-electron chi connectivity index (χ0n) is 16.3. The Morgan fingerprint density at radius 3 is 2.38 bits per heavy atom. The molecule has 0 radical (unpaired) electrons. The molecule has 1 N–H and O–H groups in total. The van der Waals surface area contributed by atoms with Crippen LogP contribution in [0.4, 0.5) is 0 Å². The SMILES string of the molecule is Cc1cccc(CNC(=O)Cn2ccc3ccn(Cc4ccccc4)c3c2=O)c1. The van der Waals surface area contributed by atoms with Gasteiger partial charge in [-0.3, -0.25) is 9.59 Å². The lowest BCUT2D eigenvalue weighted by Gasteiger charge is -2.10. The van der Waals surface area contributed by atoms with Gasteiger partial charge in [0.25, 0.3) is 5.56 Å². The second-order valence-electron chi connectivity index (χ2n) is 7.25. The number of nitrogens with one attached hydrogen (secondary N) is 1. The molecule has 5 heteroatoms. The highest BCUT2D eigenvalue weighted by Gasteiger charge is 2.11. The molecule has 29 heavy (non-hydrogen) atoms. The number of fused-ring (bicyclic) bond motifs is 1. The third-order valence-corrected chi connectivity index (χ3v) is 4.97. The van der Waals surface area contributed by atoms with Crippen molar-refractivity contribution in [2.75, 3.05) is 0 Å². The summed E-state index contributed by atoms with van der Waals surface area (Å²) in [6.07, 6.45) is 3.60. The first-order valence-corrected chi connectivity index (χ1v) is 9.64. The van der Waals surface area contributed by atoms with Gasteiger partial charge in [0.2, 0.25) is 5.91 Å². The molecular formula is C24H23N3O2. The van der Waals surface area contributed by atoms with E-state index in [0.29, 0.717) is 18.6 Å². The van der Waals surface area contributed by atoms with Gasteiger partial charge in [0.05, 0.1) is 0 Å². The number of hydrogen-bond donors (Lipinski definition) is 1. The van der Waals surface area contributed by atoms with E-state index in [4.69, 9.17) is 0 Å². The predicted octanol–water partition coefficient (Wildman–Crippen LogP) is 3.48. The number of rotatable bonds is 6. The molecule has 0 spiro atoms. The standard InChI is InChI=1S/C24H23N3O2/c1-18-6-5-9-20(14-18)15-25-22(28)17-27-13-11-21-10-12-26(23(21)24(27)29)16-19-7-3-2-4-8-19/h2-14H,15-17H2,1H3,(H,25,28). The molecule has 2 aromatic carbocycles. The molecule has 5 nitrogen and oxygen atoms in total. The summed E-state index contributed by atoms with van der Waals surface area (Å²) >= 11 is 0. The van der Waals surface area contributed by atoms with Crippen LogP contribution in [-0.2, 0) is 24.4 Å². The van der Waals surface area contributed by atoms with Crippen molar-refractivity contribution in [2.45, 2.75) is 26.6 Å². The lowest BCUT2D eigenvalue weighted by atomic mass is 10.1. The Labute approximate surface area is 169 Å². The average molecular weight is 385 g/mol. The Morgan fingerprint density at radius 2 is 1.62 bits per heavy atom. The van der Waals surface area contributed by atoms with Gasteiger partial charge in [0, 0.05) is 30.9 Å². The summed E-state index contributed by atoms with van der Waals surface area (Å²) in [5, 5.41) is 3.77. The summed E-state index contributed by atoms with van der Waals surface area (Å²) in [5.74, 6) is -0.186. The smallest absolute Gasteiger partial charge is 0.275 e. The van der Waals surface area contributed by atoms with Gasteiger partial charge in [-0.2, -0.15) is 0 Å². The summed E-state index contributed by atoms with van der Waals surface area (Å²) < 4.78 is 3.41. The molecule has 0 fully saturated rings. The number of carbonyl (C=O) groups excluding carboxylic acids is 1. The van der Waals surface area contributed by atoms with Crippen molar-refractivity contribution >= 4 is 16.8 Å². The number of amides is 1. The minimum absolute atomic E-state index is 0.00287. The molecule has 0 aliphatic rings. The zero-order valence-corrected chi connectivity index (χ0v) is 16.3. The quantitative estimate of drug-likeness (QED) is 0.552. The fourth-order valence-electron chi connectivity index (χ4n) is 3.51. The van der Waals surface area contributed by atoms with Crippen molar-refractivity contribution in [3.63, 3.8) is 0 Å². The predicted molar refractivity (Wildman–Crippen MR) is 115 cm³/mol. The van der Waals surface area contributed by atoms with Crippen molar-refractivity contribution in [3.05, 3.63) is 106 Å². The summed E-state index contributed by atoms with van der Waals surface area (Å²) in [6.45, 7) is 3.08. The molecule has 1 amide bonds. The van der Waals surface area contributed by atoms with Gasteiger partial charge < -0.3 is 14.5 Å². The Hall–Kier alpha value is -3.60. The summed E-state index contributed by atoms with van der Waals surface area (Å²) in [6, 6.07) is 21.8. The van der Waals surface area contributed by atoms with Crippen molar-refractivity contribution in [1.82, 2.24) is 14.5 Å². The first kappa shape index (κ1) is 18.7. The molecule has 2 aromatic heterocycles. The first-order chi connectivity index (χ1) is 14.1. The fraction of sp³-hybridized carbons (Fsp3) is 0.167. The molecule has 0 unspecified atom stereocenters. The Kier molecular flexibility index (Phi) is 5.29. The molecule has 0 atom stereocenters. The second kappa shape index (κ2) is 8.19. The molecular weight excluding hydrogens is 362 g/mol. The number of pyridine rings is 1. The number of nitrogens with zero attached hydrogens (tertiary/aromatic N) is 2. The minimum atomic E-state index is -0.186. The van der Waals surface area contributed by atoms with E-state index in [1.54, 1.807) is 6.20 Å². The summed E-state index contributed by atoms with van der Waals surface area (Å²) in [5.41, 5.74) is 3.77. The van der Waals surface area contributed by atoms with E-state index >= 15 is 0 Å². The van der Waals surface area contributed by atoms with Crippen LogP contribution >= 0.6 is 0 Å². The third kappa shape index (κ3) is 4.29. The Balaban J connectivity index is 1.52. The highest BCUT2D eigenvalue weighted by molar-refractivity contribution is 5.80. The van der Waals surface area contributed by atoms with Crippen LogP contribution in [0.15, 0.2) is 83.9 Å². The van der Waals surface area contributed by atoms with Crippen LogP contribution in [-0.4, -0.2) is 15.0 Å². The van der Waals surface area contributed by atoms with E-state index in [2.05, 4.69) is 5.32 Å². The molecule has 0 aliphatic carbocycles. The largest absolute Gasteiger partial charge is 0.350 e. The fourth-order valence-corrected chi connectivity index (χ4v) is 3.51. The van der Waals surface area contributed by atoms with Gasteiger partial charge in [-0.25, -0.2) is 0 Å². The van der Waals surface area contributed by atoms with Crippen LogP contribution in [0.2, 0.25) is 0 Å². The number of hydrogen-bond acceptors (Lipinski definition) is 2. The van der Waals surface area contributed by atoms with Gasteiger partial charge in [0.1, 0.15) is 12.1 Å². The van der Waals surface area contributed by atoms with Crippen LogP contribution in [0.25, 0.3) is 10.9 Å². The normalized spacial score (nSPS) is 10.9. The number of aromatic nitrogens is 2. The van der Waals surface area contributed by atoms with Gasteiger partial charge in [0.15, 0.2) is 0 Å². The third-order valence-electron chi connectivity index (χ3n) is 4.97. The van der Waals surface area contributed by atoms with E-state index < -0.39 is 0 Å². The number of benzene rings is 2. The van der Waals surface area contributed by atoms with E-state index in [1.165, 1.54) is 4.57 Å². The monoisotopic (exact) mass is 385 g/mol. The van der Waals surface area contributed by atoms with Crippen molar-refractivity contribution in [1.29, 1.82) is 0 Å². The summed E-state index contributed by atoms with van der Waals surface area (Å²) in [4.78, 5) is 25.4. The van der Waals surface area contributed by atoms with Gasteiger partial charge in [-0.15, -0.1) is 0 Å². The number of aryl methyl sites for hydroxylation is 1. The van der Waals surface area contributed by atoms with Gasteiger partial charge in [-0.1, -0.05) is 60.2 Å². The van der Waals surface area contributed by atoms with Crippen molar-refractivity contribution in [3.8, 4) is 0 Å². The molecule has 2 heterocycles. The number of carbonyl (C=O) groups is 1. The highest BCUT2D eigenvalue weighted by Crippen LogP contribution is 2.14. The van der Waals surface area contributed by atoms with Crippen LogP contribution < -0.4 is 10.9 Å². The Bertz CT molecular complexity index is 1210. The van der Waals surface area contributed by atoms with Gasteiger partial charge >= 0.3 is 0 Å². The zero-order chi connectivity index (χ0) is 20.2. The second-order valence-corrected chi connectivity index (χ2v) is 7.25. The maximum Gasteiger partial charge on any atom is 0.275 e. The highest BCUT2D eigenvalue weighted by atomic mass is 16.2. The van der Waals surface area contributed by atoms with Crippen molar-refractivity contribution < 1.29 is 4.79 Å². The van der Waals surface area contributed by atoms with Crippen molar-refractivity contribution in [2.24, 2.45) is 0 Å². The van der Waals surface area contributed by atoms with Crippen LogP contribution in [0.5, 0.6) is 0 Å². The maximum atomic E-state index is 13.0. The van der Waals surface area contributed by atoms with Gasteiger partial charge in [-0.05, 0) is 30.2 Å². The maximum absolute atomic E-state index is 13.0. The first-order valence-electron chi connectivity index (χ1n) is 9.64. The molecule has 4 rings (SSSR count). The molecule has 4 aromatic rings. The van der Waals surface area contributed by atoms with E-state index in [9.17, 15) is 9.59 Å². The van der Waals surface area contributed by atoms with Crippen LogP contribution in [0, 0.1) is 6.92 Å². The lowest BCUT2D eigenvalue weighted by Crippen LogP contribution is -2.32. The minimum Gasteiger partial charge on any atom is -0.350 e.